The van der Waals surface area contributed by atoms with Crippen LogP contribution in [0.3, 0.4) is 0 Å². The predicted octanol–water partition coefficient (Wildman–Crippen LogP) is 0.264. The molecule has 0 aliphatic carbocycles. The smallest absolute Gasteiger partial charge is 0.312 e. The van der Waals surface area contributed by atoms with Gasteiger partial charge >= 0.3 is 11.9 Å². The van der Waals surface area contributed by atoms with Gasteiger partial charge in [0.15, 0.2) is 5.78 Å². The molecule has 4 atom stereocenters. The first-order valence-electron chi connectivity index (χ1n) is 7.67. The van der Waals surface area contributed by atoms with E-state index in [-0.39, 0.29) is 17.3 Å². The normalized spacial score (nSPS) is 26.5. The van der Waals surface area contributed by atoms with Crippen molar-refractivity contribution in [1.29, 1.82) is 0 Å². The van der Waals surface area contributed by atoms with E-state index in [2.05, 4.69) is 4.98 Å². The number of carbonyl (C=O) groups is 3. The molecule has 0 N–H and O–H groups in total. The fourth-order valence-electron chi connectivity index (χ4n) is 3.53. The lowest BCUT2D eigenvalue weighted by Crippen LogP contribution is -2.46. The van der Waals surface area contributed by atoms with Crippen LogP contribution in [0.15, 0.2) is 30.5 Å². The number of hydrogen-bond donors (Lipinski definition) is 0. The molecule has 136 valence electrons. The predicted molar refractivity (Wildman–Crippen MR) is 86.1 cm³/mol. The highest BCUT2D eigenvalue weighted by Gasteiger charge is 2.59. The third-order valence-electron chi connectivity index (χ3n) is 4.62. The van der Waals surface area contributed by atoms with Crippen LogP contribution in [0.2, 0.25) is 0 Å². The molecule has 10 heteroatoms. The molecule has 1 aromatic rings. The Morgan fingerprint density at radius 3 is 2.38 bits per heavy atom. The Bertz CT molecular complexity index is 805. The van der Waals surface area contributed by atoms with Gasteiger partial charge in [-0.1, -0.05) is 6.08 Å². The Labute approximate surface area is 147 Å². The number of nitrogens with zero attached hydrogens (tertiary/aromatic N) is 3. The summed E-state index contributed by atoms with van der Waals surface area (Å²) in [7, 11) is 2.37. The molecule has 1 aromatic heterocycles. The Morgan fingerprint density at radius 1 is 1.19 bits per heavy atom. The lowest BCUT2D eigenvalue weighted by atomic mass is 9.87. The summed E-state index contributed by atoms with van der Waals surface area (Å²) in [6.45, 7) is 0. The molecule has 0 spiro atoms. The molecule has 1 saturated heterocycles. The molecule has 2 unspecified atom stereocenters. The third kappa shape index (κ3) is 2.59. The molecular formula is C16H15N3O7. The van der Waals surface area contributed by atoms with Gasteiger partial charge in [0.25, 0.3) is 5.69 Å². The van der Waals surface area contributed by atoms with Crippen molar-refractivity contribution in [3.63, 3.8) is 0 Å². The van der Waals surface area contributed by atoms with E-state index in [1.165, 1.54) is 43.4 Å². The Morgan fingerprint density at radius 2 is 1.85 bits per heavy atom. The summed E-state index contributed by atoms with van der Waals surface area (Å²) >= 11 is 0. The Kier molecular flexibility index (Phi) is 4.41. The van der Waals surface area contributed by atoms with Crippen LogP contribution >= 0.6 is 0 Å². The number of hydrogen-bond acceptors (Lipinski definition) is 9. The van der Waals surface area contributed by atoms with Gasteiger partial charge in [-0.05, 0) is 12.1 Å². The number of rotatable bonds is 4. The van der Waals surface area contributed by atoms with E-state index in [4.69, 9.17) is 9.47 Å². The van der Waals surface area contributed by atoms with Gasteiger partial charge in [-0.2, -0.15) is 0 Å². The summed E-state index contributed by atoms with van der Waals surface area (Å²) in [5, 5.41) is 10.8. The maximum Gasteiger partial charge on any atom is 0.312 e. The van der Waals surface area contributed by atoms with Crippen LogP contribution in [0.25, 0.3) is 0 Å². The molecule has 2 bridgehead atoms. The van der Waals surface area contributed by atoms with E-state index in [9.17, 15) is 24.5 Å². The zero-order chi connectivity index (χ0) is 19.0. The minimum absolute atomic E-state index is 0.214. The number of carbonyl (C=O) groups excluding carboxylic acids is 3. The van der Waals surface area contributed by atoms with Gasteiger partial charge in [-0.15, -0.1) is 0 Å². The van der Waals surface area contributed by atoms with E-state index in [0.717, 1.165) is 6.20 Å². The number of esters is 2. The van der Waals surface area contributed by atoms with Crippen molar-refractivity contribution >= 4 is 29.2 Å². The number of anilines is 1. The highest BCUT2D eigenvalue weighted by atomic mass is 16.6. The third-order valence-corrected chi connectivity index (χ3v) is 4.62. The van der Waals surface area contributed by atoms with Gasteiger partial charge in [0.05, 0.1) is 31.1 Å². The monoisotopic (exact) mass is 361 g/mol. The summed E-state index contributed by atoms with van der Waals surface area (Å²) in [4.78, 5) is 52.8. The topological polar surface area (TPSA) is 129 Å². The fourth-order valence-corrected chi connectivity index (χ4v) is 3.53. The largest absolute Gasteiger partial charge is 0.469 e. The minimum atomic E-state index is -1.07. The van der Waals surface area contributed by atoms with Crippen LogP contribution in [0.4, 0.5) is 11.5 Å². The molecular weight excluding hydrogens is 346 g/mol. The standard InChI is InChI=1S/C16H15N3O7/c1-25-15(21)12-9-4-5-10(20)14(13(12)16(22)26-2)18(9)11-6-3-8(7-17-11)19(23)24/h3-7,9,12-14H,1-2H3/t9?,12-,13-,14?/m0/s1. The Balaban J connectivity index is 2.09. The zero-order valence-electron chi connectivity index (χ0n) is 13.9. The first-order valence-corrected chi connectivity index (χ1v) is 7.67. The molecule has 2 aliphatic heterocycles. The number of nitro groups is 1. The number of pyridine rings is 1. The van der Waals surface area contributed by atoms with Crippen molar-refractivity contribution in [3.05, 3.63) is 40.6 Å². The van der Waals surface area contributed by atoms with Crippen LogP contribution in [0.5, 0.6) is 0 Å². The Hall–Kier alpha value is -3.30. The summed E-state index contributed by atoms with van der Waals surface area (Å²) in [6.07, 6.45) is 3.88. The summed E-state index contributed by atoms with van der Waals surface area (Å²) in [5.74, 6) is -3.54. The molecule has 26 heavy (non-hydrogen) atoms. The quantitative estimate of drug-likeness (QED) is 0.421. The molecule has 3 heterocycles. The van der Waals surface area contributed by atoms with Gasteiger partial charge in [0.1, 0.15) is 24.0 Å². The molecule has 2 aliphatic rings. The van der Waals surface area contributed by atoms with E-state index < -0.39 is 40.8 Å². The number of ketones is 1. The second kappa shape index (κ2) is 6.54. The van der Waals surface area contributed by atoms with E-state index in [1.54, 1.807) is 0 Å². The molecule has 0 radical (unpaired) electrons. The van der Waals surface area contributed by atoms with Gasteiger partial charge in [-0.3, -0.25) is 24.5 Å². The van der Waals surface area contributed by atoms with Crippen molar-refractivity contribution in [1.82, 2.24) is 4.98 Å². The van der Waals surface area contributed by atoms with Crippen LogP contribution in [0, 0.1) is 22.0 Å². The minimum Gasteiger partial charge on any atom is -0.469 e. The van der Waals surface area contributed by atoms with Crippen LogP contribution < -0.4 is 4.90 Å². The summed E-state index contributed by atoms with van der Waals surface area (Å²) < 4.78 is 9.60. The van der Waals surface area contributed by atoms with Gasteiger partial charge in [0.2, 0.25) is 0 Å². The second-order valence-electron chi connectivity index (χ2n) is 5.83. The van der Waals surface area contributed by atoms with E-state index >= 15 is 0 Å². The van der Waals surface area contributed by atoms with Crippen LogP contribution in [-0.4, -0.2) is 53.9 Å². The SMILES string of the molecule is COC(=O)[C@@H]1C2C(=O)C=CC([C@@H]1C(=O)OC)N2c1ccc([N+](=O)[O-])cn1. The van der Waals surface area contributed by atoms with Crippen molar-refractivity contribution < 1.29 is 28.8 Å². The first-order chi connectivity index (χ1) is 12.4. The molecule has 0 amide bonds. The van der Waals surface area contributed by atoms with Crippen molar-refractivity contribution in [3.8, 4) is 0 Å². The molecule has 1 fully saturated rings. The number of fused-ring (bicyclic) bond motifs is 2. The fraction of sp³-hybridized carbons (Fsp3) is 0.375. The van der Waals surface area contributed by atoms with Gasteiger partial charge in [0, 0.05) is 6.07 Å². The maximum absolute atomic E-state index is 12.5. The maximum atomic E-state index is 12.5. The number of methoxy groups -OCH3 is 2. The van der Waals surface area contributed by atoms with Gasteiger partial charge < -0.3 is 14.4 Å². The summed E-state index contributed by atoms with van der Waals surface area (Å²) in [5.41, 5.74) is -0.214. The first kappa shape index (κ1) is 17.5. The van der Waals surface area contributed by atoms with E-state index in [1.807, 2.05) is 0 Å². The lowest BCUT2D eigenvalue weighted by Gasteiger charge is -2.32. The van der Waals surface area contributed by atoms with Crippen molar-refractivity contribution in [2.24, 2.45) is 11.8 Å². The van der Waals surface area contributed by atoms with Crippen LogP contribution in [0.1, 0.15) is 0 Å². The van der Waals surface area contributed by atoms with Gasteiger partial charge in [-0.25, -0.2) is 4.98 Å². The van der Waals surface area contributed by atoms with E-state index in [0.29, 0.717) is 0 Å². The number of ether oxygens (including phenoxy) is 2. The average Bonchev–Trinajstić information content (AvgIpc) is 2.92. The molecule has 3 rings (SSSR count). The molecule has 0 saturated carbocycles. The van der Waals surface area contributed by atoms with Crippen molar-refractivity contribution in [2.75, 3.05) is 19.1 Å². The van der Waals surface area contributed by atoms with Crippen LogP contribution in [-0.2, 0) is 23.9 Å². The average molecular weight is 361 g/mol. The molecule has 10 nitrogen and oxygen atoms in total. The molecule has 0 aromatic carbocycles. The second-order valence-corrected chi connectivity index (χ2v) is 5.83. The highest BCUT2D eigenvalue weighted by molar-refractivity contribution is 6.04. The van der Waals surface area contributed by atoms with Crippen molar-refractivity contribution in [2.45, 2.75) is 12.1 Å². The summed E-state index contributed by atoms with van der Waals surface area (Å²) in [6, 6.07) is 0.947. The lowest BCUT2D eigenvalue weighted by molar-refractivity contribution is -0.385. The highest BCUT2D eigenvalue weighted by Crippen LogP contribution is 2.43. The zero-order valence-corrected chi connectivity index (χ0v) is 13.9. The number of aromatic nitrogens is 1.